The summed E-state index contributed by atoms with van der Waals surface area (Å²) < 4.78 is 5.15. The fraction of sp³-hybridized carbons (Fsp3) is 0.391. The SMILES string of the molecule is COc1ccc(CCC(=O)N2CCCN(CC(=O)Nc3ccccc3[N+](=O)[O-])CC2)cc1. The van der Waals surface area contributed by atoms with Crippen LogP contribution < -0.4 is 10.1 Å². The zero-order valence-electron chi connectivity index (χ0n) is 18.2. The van der Waals surface area contributed by atoms with Gasteiger partial charge >= 0.3 is 0 Å². The molecule has 1 fully saturated rings. The maximum absolute atomic E-state index is 12.7. The van der Waals surface area contributed by atoms with Gasteiger partial charge in [0.15, 0.2) is 0 Å². The van der Waals surface area contributed by atoms with Crippen LogP contribution in [0.1, 0.15) is 18.4 Å². The largest absolute Gasteiger partial charge is 0.497 e. The number of hydrogen-bond donors (Lipinski definition) is 1. The molecule has 3 rings (SSSR count). The van der Waals surface area contributed by atoms with Crippen molar-refractivity contribution in [1.82, 2.24) is 9.80 Å². The molecule has 9 heteroatoms. The fourth-order valence-electron chi connectivity index (χ4n) is 3.71. The Morgan fingerprint density at radius 3 is 2.53 bits per heavy atom. The first-order valence-electron chi connectivity index (χ1n) is 10.6. The molecular formula is C23H28N4O5. The molecule has 0 spiro atoms. The Labute approximate surface area is 187 Å². The number of benzene rings is 2. The first-order chi connectivity index (χ1) is 15.5. The van der Waals surface area contributed by atoms with Crippen LogP contribution >= 0.6 is 0 Å². The molecule has 0 atom stereocenters. The number of ether oxygens (including phenoxy) is 1. The molecule has 2 aromatic rings. The van der Waals surface area contributed by atoms with E-state index in [9.17, 15) is 19.7 Å². The van der Waals surface area contributed by atoms with E-state index in [1.807, 2.05) is 34.1 Å². The van der Waals surface area contributed by atoms with E-state index in [1.54, 1.807) is 19.2 Å². The van der Waals surface area contributed by atoms with E-state index in [1.165, 1.54) is 12.1 Å². The number of nitro groups is 1. The summed E-state index contributed by atoms with van der Waals surface area (Å²) in [4.78, 5) is 39.5. The summed E-state index contributed by atoms with van der Waals surface area (Å²) in [6.45, 7) is 2.61. The van der Waals surface area contributed by atoms with E-state index < -0.39 is 4.92 Å². The van der Waals surface area contributed by atoms with Crippen molar-refractivity contribution in [3.63, 3.8) is 0 Å². The van der Waals surface area contributed by atoms with Crippen molar-refractivity contribution in [3.8, 4) is 5.75 Å². The number of nitro benzene ring substituents is 1. The average Bonchev–Trinajstić information content (AvgIpc) is 3.03. The average molecular weight is 441 g/mol. The van der Waals surface area contributed by atoms with E-state index in [0.29, 0.717) is 39.0 Å². The molecule has 0 saturated carbocycles. The number of hydrogen-bond acceptors (Lipinski definition) is 6. The lowest BCUT2D eigenvalue weighted by Gasteiger charge is -2.22. The van der Waals surface area contributed by atoms with Gasteiger partial charge in [-0.05, 0) is 36.6 Å². The topological polar surface area (TPSA) is 105 Å². The smallest absolute Gasteiger partial charge is 0.292 e. The summed E-state index contributed by atoms with van der Waals surface area (Å²) in [6, 6.07) is 13.8. The van der Waals surface area contributed by atoms with Gasteiger partial charge in [0.05, 0.1) is 18.6 Å². The molecule has 9 nitrogen and oxygen atoms in total. The minimum absolute atomic E-state index is 0.104. The van der Waals surface area contributed by atoms with Crippen LogP contribution in [0.5, 0.6) is 5.75 Å². The molecular weight excluding hydrogens is 412 g/mol. The van der Waals surface area contributed by atoms with Crippen LogP contribution in [0, 0.1) is 10.1 Å². The third-order valence-corrected chi connectivity index (χ3v) is 5.47. The molecule has 0 bridgehead atoms. The summed E-state index contributed by atoms with van der Waals surface area (Å²) in [6.07, 6.45) is 1.87. The molecule has 0 aliphatic carbocycles. The van der Waals surface area contributed by atoms with Crippen LogP contribution in [0.15, 0.2) is 48.5 Å². The molecule has 1 N–H and O–H groups in total. The van der Waals surface area contributed by atoms with Gasteiger partial charge in [-0.1, -0.05) is 24.3 Å². The minimum atomic E-state index is -0.517. The lowest BCUT2D eigenvalue weighted by Crippen LogP contribution is -2.38. The third kappa shape index (κ3) is 6.52. The second-order valence-corrected chi connectivity index (χ2v) is 7.68. The highest BCUT2D eigenvalue weighted by Gasteiger charge is 2.21. The summed E-state index contributed by atoms with van der Waals surface area (Å²) in [5, 5.41) is 13.7. The van der Waals surface area contributed by atoms with Gasteiger partial charge in [-0.25, -0.2) is 0 Å². The van der Waals surface area contributed by atoms with Gasteiger partial charge < -0.3 is 15.0 Å². The molecule has 32 heavy (non-hydrogen) atoms. The predicted octanol–water partition coefficient (Wildman–Crippen LogP) is 2.71. The van der Waals surface area contributed by atoms with E-state index in [-0.39, 0.29) is 29.7 Å². The van der Waals surface area contributed by atoms with Crippen LogP contribution in [0.25, 0.3) is 0 Å². The summed E-state index contributed by atoms with van der Waals surface area (Å²) in [5.41, 5.74) is 1.14. The van der Waals surface area contributed by atoms with E-state index >= 15 is 0 Å². The first-order valence-corrected chi connectivity index (χ1v) is 10.6. The van der Waals surface area contributed by atoms with E-state index in [2.05, 4.69) is 5.32 Å². The van der Waals surface area contributed by atoms with Crippen LogP contribution in [-0.4, -0.2) is 66.4 Å². The van der Waals surface area contributed by atoms with Gasteiger partial charge in [0, 0.05) is 38.7 Å². The number of carbonyl (C=O) groups excluding carboxylic acids is 2. The van der Waals surface area contributed by atoms with Crippen molar-refractivity contribution in [2.75, 3.05) is 45.2 Å². The predicted molar refractivity (Wildman–Crippen MR) is 121 cm³/mol. The van der Waals surface area contributed by atoms with Crippen molar-refractivity contribution < 1.29 is 19.2 Å². The fourth-order valence-corrected chi connectivity index (χ4v) is 3.71. The second-order valence-electron chi connectivity index (χ2n) is 7.68. The quantitative estimate of drug-likeness (QED) is 0.500. The van der Waals surface area contributed by atoms with Gasteiger partial charge in [0.1, 0.15) is 11.4 Å². The van der Waals surface area contributed by atoms with Gasteiger partial charge in [-0.2, -0.15) is 0 Å². The maximum Gasteiger partial charge on any atom is 0.292 e. The van der Waals surface area contributed by atoms with E-state index in [4.69, 9.17) is 4.74 Å². The Morgan fingerprint density at radius 2 is 1.81 bits per heavy atom. The number of aryl methyl sites for hydroxylation is 1. The standard InChI is InChI=1S/C23H28N4O5/c1-32-19-10-7-18(8-11-19)9-12-23(29)26-14-4-13-25(15-16-26)17-22(28)24-20-5-2-3-6-21(20)27(30)31/h2-3,5-8,10-11H,4,9,12-17H2,1H3,(H,24,28). The van der Waals surface area contributed by atoms with E-state index in [0.717, 1.165) is 17.7 Å². The Morgan fingerprint density at radius 1 is 1.06 bits per heavy atom. The van der Waals surface area contributed by atoms with Crippen LogP contribution in [0.4, 0.5) is 11.4 Å². The molecule has 0 radical (unpaired) electrons. The van der Waals surface area contributed by atoms with Crippen LogP contribution in [0.2, 0.25) is 0 Å². The molecule has 1 aliphatic heterocycles. The van der Waals surface area contributed by atoms with Crippen molar-refractivity contribution in [1.29, 1.82) is 0 Å². The van der Waals surface area contributed by atoms with Crippen molar-refractivity contribution in [2.24, 2.45) is 0 Å². The molecule has 0 unspecified atom stereocenters. The number of nitrogens with one attached hydrogen (secondary N) is 1. The Kier molecular flexibility index (Phi) is 8.15. The first kappa shape index (κ1) is 23.2. The number of nitrogens with zero attached hydrogens (tertiary/aromatic N) is 3. The zero-order valence-corrected chi connectivity index (χ0v) is 18.2. The van der Waals surface area contributed by atoms with Crippen molar-refractivity contribution in [2.45, 2.75) is 19.3 Å². The number of amides is 2. The highest BCUT2D eigenvalue weighted by Crippen LogP contribution is 2.23. The van der Waals surface area contributed by atoms with Gasteiger partial charge in [-0.3, -0.25) is 24.6 Å². The second kappa shape index (κ2) is 11.2. The molecule has 2 amide bonds. The number of rotatable bonds is 8. The number of para-hydroxylation sites is 2. The maximum atomic E-state index is 12.7. The minimum Gasteiger partial charge on any atom is -0.497 e. The van der Waals surface area contributed by atoms with Gasteiger partial charge in [0.2, 0.25) is 11.8 Å². The van der Waals surface area contributed by atoms with Crippen molar-refractivity contribution in [3.05, 3.63) is 64.2 Å². The molecule has 170 valence electrons. The highest BCUT2D eigenvalue weighted by atomic mass is 16.6. The summed E-state index contributed by atoms with van der Waals surface area (Å²) in [7, 11) is 1.62. The van der Waals surface area contributed by atoms with Crippen LogP contribution in [-0.2, 0) is 16.0 Å². The normalized spacial score (nSPS) is 14.5. The highest BCUT2D eigenvalue weighted by molar-refractivity contribution is 5.94. The number of methoxy groups -OCH3 is 1. The summed E-state index contributed by atoms with van der Waals surface area (Å²) in [5.74, 6) is 0.587. The third-order valence-electron chi connectivity index (χ3n) is 5.47. The zero-order chi connectivity index (χ0) is 22.9. The molecule has 0 aromatic heterocycles. The Hall–Kier alpha value is -3.46. The molecule has 1 aliphatic rings. The molecule has 1 heterocycles. The van der Waals surface area contributed by atoms with Gasteiger partial charge in [0.25, 0.3) is 5.69 Å². The molecule has 1 saturated heterocycles. The lowest BCUT2D eigenvalue weighted by molar-refractivity contribution is -0.383. The lowest BCUT2D eigenvalue weighted by atomic mass is 10.1. The van der Waals surface area contributed by atoms with Crippen LogP contribution in [0.3, 0.4) is 0 Å². The Balaban J connectivity index is 1.46. The number of anilines is 1. The summed E-state index contributed by atoms with van der Waals surface area (Å²) >= 11 is 0. The van der Waals surface area contributed by atoms with Crippen molar-refractivity contribution >= 4 is 23.2 Å². The number of carbonyl (C=O) groups is 2. The van der Waals surface area contributed by atoms with Gasteiger partial charge in [-0.15, -0.1) is 0 Å². The Bertz CT molecular complexity index is 948. The molecule has 2 aromatic carbocycles. The monoisotopic (exact) mass is 440 g/mol.